The van der Waals surface area contributed by atoms with Crippen LogP contribution in [-0.2, 0) is 0 Å². The zero-order valence-corrected chi connectivity index (χ0v) is 16.6. The van der Waals surface area contributed by atoms with Crippen molar-refractivity contribution in [2.75, 3.05) is 0 Å². The number of hydrogen-bond donors (Lipinski definition) is 0. The van der Waals surface area contributed by atoms with Gasteiger partial charge in [0.05, 0.1) is 6.07 Å². The molecule has 2 aliphatic rings. The van der Waals surface area contributed by atoms with Crippen molar-refractivity contribution in [2.24, 2.45) is 17.8 Å². The second-order valence-electron chi connectivity index (χ2n) is 8.62. The molecule has 28 heavy (non-hydrogen) atoms. The van der Waals surface area contributed by atoms with E-state index in [-0.39, 0.29) is 0 Å². The van der Waals surface area contributed by atoms with Crippen molar-refractivity contribution < 1.29 is 8.78 Å². The summed E-state index contributed by atoms with van der Waals surface area (Å²) in [5.74, 6) is 1.26. The molecule has 0 amide bonds. The number of hydrogen-bond acceptors (Lipinski definition) is 1. The number of rotatable bonds is 6. The number of halogens is 2. The van der Waals surface area contributed by atoms with Crippen molar-refractivity contribution in [3.8, 4) is 6.07 Å². The Hall–Kier alpha value is -1.95. The van der Waals surface area contributed by atoms with Crippen LogP contribution >= 0.6 is 0 Å². The maximum Gasteiger partial charge on any atom is 0.159 e. The second-order valence-corrected chi connectivity index (χ2v) is 8.62. The summed E-state index contributed by atoms with van der Waals surface area (Å²) in [4.78, 5) is 0. The third-order valence-corrected chi connectivity index (χ3v) is 6.80. The minimum atomic E-state index is -0.749. The zero-order valence-electron chi connectivity index (χ0n) is 16.6. The smallest absolute Gasteiger partial charge is 0.159 e. The summed E-state index contributed by atoms with van der Waals surface area (Å²) in [6.45, 7) is 0. The Balaban J connectivity index is 1.35. The molecule has 0 radical (unpaired) electrons. The van der Waals surface area contributed by atoms with E-state index >= 15 is 0 Å². The van der Waals surface area contributed by atoms with Gasteiger partial charge in [0.25, 0.3) is 0 Å². The molecule has 1 nitrogen and oxygen atoms in total. The Morgan fingerprint density at radius 2 is 1.50 bits per heavy atom. The predicted molar refractivity (Wildman–Crippen MR) is 110 cm³/mol. The molecule has 0 atom stereocenters. The van der Waals surface area contributed by atoms with Crippen LogP contribution in [0.3, 0.4) is 0 Å². The Morgan fingerprint density at radius 1 is 0.857 bits per heavy atom. The van der Waals surface area contributed by atoms with Crippen LogP contribution in [0.5, 0.6) is 0 Å². The van der Waals surface area contributed by atoms with Crippen molar-refractivity contribution in [3.63, 3.8) is 0 Å². The monoisotopic (exact) mass is 383 g/mol. The van der Waals surface area contributed by atoms with Crippen LogP contribution in [0.1, 0.15) is 75.7 Å². The van der Waals surface area contributed by atoms with E-state index in [0.717, 1.165) is 30.2 Å². The fraction of sp³-hybridized carbons (Fsp3) is 0.560. The van der Waals surface area contributed by atoms with Crippen molar-refractivity contribution in [3.05, 3.63) is 59.7 Å². The molecule has 1 aromatic rings. The van der Waals surface area contributed by atoms with Gasteiger partial charge in [-0.15, -0.1) is 0 Å². The van der Waals surface area contributed by atoms with Crippen LogP contribution in [0.25, 0.3) is 0 Å². The van der Waals surface area contributed by atoms with Crippen LogP contribution in [0.2, 0.25) is 0 Å². The molecule has 0 spiro atoms. The van der Waals surface area contributed by atoms with Crippen LogP contribution < -0.4 is 0 Å². The molecule has 0 N–H and O–H groups in total. The number of benzene rings is 1. The zero-order chi connectivity index (χ0) is 19.8. The van der Waals surface area contributed by atoms with Gasteiger partial charge >= 0.3 is 0 Å². The summed E-state index contributed by atoms with van der Waals surface area (Å²) in [6, 6.07) is 6.43. The molecular formula is C25H31F2N. The van der Waals surface area contributed by atoms with Crippen molar-refractivity contribution >= 4 is 0 Å². The molecule has 0 saturated heterocycles. The van der Waals surface area contributed by atoms with E-state index in [0.29, 0.717) is 11.8 Å². The molecule has 0 aromatic heterocycles. The largest absolute Gasteiger partial charge is 0.204 e. The highest BCUT2D eigenvalue weighted by atomic mass is 19.2. The van der Waals surface area contributed by atoms with Gasteiger partial charge in [-0.25, -0.2) is 8.78 Å². The molecule has 2 fully saturated rings. The summed E-state index contributed by atoms with van der Waals surface area (Å²) in [5, 5.41) is 8.50. The first-order valence-corrected chi connectivity index (χ1v) is 10.8. The number of allylic oxidation sites excluding steroid dienone is 4. The Bertz CT molecular complexity index is 715. The van der Waals surface area contributed by atoms with E-state index in [9.17, 15) is 8.78 Å². The molecule has 2 saturated carbocycles. The lowest BCUT2D eigenvalue weighted by Gasteiger charge is -2.31. The van der Waals surface area contributed by atoms with Crippen molar-refractivity contribution in [1.29, 1.82) is 5.26 Å². The summed E-state index contributed by atoms with van der Waals surface area (Å²) >= 11 is 0. The van der Waals surface area contributed by atoms with Crippen LogP contribution in [-0.4, -0.2) is 0 Å². The van der Waals surface area contributed by atoms with E-state index in [1.54, 1.807) is 6.07 Å². The fourth-order valence-corrected chi connectivity index (χ4v) is 5.01. The van der Waals surface area contributed by atoms with E-state index in [1.165, 1.54) is 69.6 Å². The molecule has 150 valence electrons. The lowest BCUT2D eigenvalue weighted by molar-refractivity contribution is 0.246. The summed E-state index contributed by atoms with van der Waals surface area (Å²) < 4.78 is 26.6. The molecule has 0 aliphatic heterocycles. The standard InChI is InChI=1S/C25H31F2N/c26-24-16-15-23(18-25(24)27)22-13-11-21(12-14-22)10-9-20-7-5-19(6-8-20)4-2-1-3-17-28/h1-4,15-16,18-22H,5-14H2. The number of nitriles is 1. The molecule has 0 unspecified atom stereocenters. The SMILES string of the molecule is N#CC=CC=CC1CCC(CCC2CCC(c3ccc(F)c(F)c3)CC2)CC1. The Labute approximate surface area is 168 Å². The van der Waals surface area contributed by atoms with Gasteiger partial charge in [-0.1, -0.05) is 37.1 Å². The van der Waals surface area contributed by atoms with Gasteiger partial charge in [0.1, 0.15) is 0 Å². The highest BCUT2D eigenvalue weighted by Gasteiger charge is 2.25. The first-order chi connectivity index (χ1) is 13.7. The normalized spacial score (nSPS) is 28.6. The Kier molecular flexibility index (Phi) is 7.83. The highest BCUT2D eigenvalue weighted by molar-refractivity contribution is 5.22. The predicted octanol–water partition coefficient (Wildman–Crippen LogP) is 7.46. The van der Waals surface area contributed by atoms with Crippen molar-refractivity contribution in [2.45, 2.75) is 70.1 Å². The average molecular weight is 384 g/mol. The molecule has 3 rings (SSSR count). The van der Waals surface area contributed by atoms with Gasteiger partial charge in [-0.2, -0.15) is 5.26 Å². The second kappa shape index (κ2) is 10.6. The van der Waals surface area contributed by atoms with E-state index < -0.39 is 11.6 Å². The van der Waals surface area contributed by atoms with Gasteiger partial charge in [-0.05, 0) is 92.7 Å². The van der Waals surface area contributed by atoms with E-state index in [1.807, 2.05) is 18.2 Å². The molecule has 0 heterocycles. The van der Waals surface area contributed by atoms with Gasteiger partial charge in [-0.3, -0.25) is 0 Å². The average Bonchev–Trinajstić information content (AvgIpc) is 2.73. The van der Waals surface area contributed by atoms with Crippen molar-refractivity contribution in [1.82, 2.24) is 0 Å². The highest BCUT2D eigenvalue weighted by Crippen LogP contribution is 2.40. The maximum absolute atomic E-state index is 13.5. The van der Waals surface area contributed by atoms with Gasteiger partial charge < -0.3 is 0 Å². The topological polar surface area (TPSA) is 23.8 Å². The summed E-state index contributed by atoms with van der Waals surface area (Å²) in [5.41, 5.74) is 0.966. The quantitative estimate of drug-likeness (QED) is 0.369. The molecular weight excluding hydrogens is 352 g/mol. The fourth-order valence-electron chi connectivity index (χ4n) is 5.01. The third-order valence-electron chi connectivity index (χ3n) is 6.80. The minimum Gasteiger partial charge on any atom is -0.204 e. The minimum absolute atomic E-state index is 0.392. The van der Waals surface area contributed by atoms with E-state index in [4.69, 9.17) is 5.26 Å². The van der Waals surface area contributed by atoms with E-state index in [2.05, 4.69) is 6.08 Å². The first-order valence-electron chi connectivity index (χ1n) is 10.8. The Morgan fingerprint density at radius 3 is 2.11 bits per heavy atom. The lowest BCUT2D eigenvalue weighted by atomic mass is 9.74. The lowest BCUT2D eigenvalue weighted by Crippen LogP contribution is -2.17. The molecule has 1 aromatic carbocycles. The number of nitrogens with zero attached hydrogens (tertiary/aromatic N) is 1. The molecule has 0 bridgehead atoms. The van der Waals surface area contributed by atoms with Crippen LogP contribution in [0.15, 0.2) is 42.5 Å². The first kappa shape index (κ1) is 20.8. The maximum atomic E-state index is 13.5. The van der Waals surface area contributed by atoms with Crippen LogP contribution in [0, 0.1) is 40.7 Å². The van der Waals surface area contributed by atoms with Gasteiger partial charge in [0.2, 0.25) is 0 Å². The third kappa shape index (κ3) is 6.03. The molecule has 3 heteroatoms. The molecule has 2 aliphatic carbocycles. The van der Waals surface area contributed by atoms with Gasteiger partial charge in [0, 0.05) is 6.08 Å². The van der Waals surface area contributed by atoms with Crippen LogP contribution in [0.4, 0.5) is 8.78 Å². The summed E-state index contributed by atoms with van der Waals surface area (Å²) in [6.07, 6.45) is 20.1. The summed E-state index contributed by atoms with van der Waals surface area (Å²) in [7, 11) is 0. The van der Waals surface area contributed by atoms with Gasteiger partial charge in [0.15, 0.2) is 11.6 Å².